The third-order valence-electron chi connectivity index (χ3n) is 4.96. The zero-order valence-electron chi connectivity index (χ0n) is 13.3. The van der Waals surface area contributed by atoms with E-state index in [-0.39, 0.29) is 36.5 Å². The molecular weight excluding hydrogens is 425 g/mol. The summed E-state index contributed by atoms with van der Waals surface area (Å²) in [6, 6.07) is 6.24. The summed E-state index contributed by atoms with van der Waals surface area (Å²) in [5.41, 5.74) is 9.62. The van der Waals surface area contributed by atoms with Crippen LogP contribution in [0.25, 0.3) is 0 Å². The van der Waals surface area contributed by atoms with Crippen molar-refractivity contribution in [3.05, 3.63) is 29.3 Å². The smallest absolute Gasteiger partial charge is 0.193 e. The average molecular weight is 449 g/mol. The second-order valence-electron chi connectivity index (χ2n) is 6.47. The molecule has 0 spiro atoms. The van der Waals surface area contributed by atoms with Gasteiger partial charge in [0.05, 0.1) is 11.3 Å². The number of rotatable bonds is 4. The number of fused-ring (bicyclic) bond motifs is 1. The largest absolute Gasteiger partial charge is 0.370 e. The zero-order chi connectivity index (χ0) is 15.8. The lowest BCUT2D eigenvalue weighted by Gasteiger charge is -2.38. The molecule has 1 aromatic carbocycles. The van der Waals surface area contributed by atoms with Crippen LogP contribution in [0.5, 0.6) is 0 Å². The van der Waals surface area contributed by atoms with Crippen molar-refractivity contribution in [2.45, 2.75) is 43.3 Å². The fraction of sp³-hybridized carbons (Fsp3) is 0.562. The van der Waals surface area contributed by atoms with Crippen LogP contribution in [0.1, 0.15) is 36.8 Å². The van der Waals surface area contributed by atoms with Gasteiger partial charge in [0, 0.05) is 11.9 Å². The number of nitrogens with two attached hydrogens (primary N) is 1. The third kappa shape index (κ3) is 3.81. The molecule has 7 heteroatoms. The summed E-state index contributed by atoms with van der Waals surface area (Å²) < 4.78 is 23.1. The highest BCUT2D eigenvalue weighted by Crippen LogP contribution is 2.39. The van der Waals surface area contributed by atoms with Crippen molar-refractivity contribution < 1.29 is 8.42 Å². The number of anilines is 1. The Hall–Kier alpha value is -0.830. The standard InChI is InChI=1S/C16H23N3O2S.HI/c1-22(20,21)16(8-3-9-16)11-18-15(17)19-14-7-6-12-4-2-5-13(12)10-14;/h6-7,10H,2-5,8-9,11H2,1H3,(H3,17,18,19);1H. The molecule has 23 heavy (non-hydrogen) atoms. The normalized spacial score (nSPS) is 19.4. The summed E-state index contributed by atoms with van der Waals surface area (Å²) in [5, 5.41) is 3.08. The van der Waals surface area contributed by atoms with Crippen LogP contribution in [-0.4, -0.2) is 31.9 Å². The van der Waals surface area contributed by atoms with Crippen LogP contribution in [0.4, 0.5) is 5.69 Å². The van der Waals surface area contributed by atoms with E-state index in [1.807, 2.05) is 6.07 Å². The van der Waals surface area contributed by atoms with E-state index in [9.17, 15) is 8.42 Å². The molecule has 2 aliphatic rings. The maximum atomic E-state index is 11.9. The number of aryl methyl sites for hydroxylation is 2. The number of nitrogens with zero attached hydrogens (tertiary/aromatic N) is 1. The maximum absolute atomic E-state index is 11.9. The van der Waals surface area contributed by atoms with Crippen LogP contribution < -0.4 is 11.1 Å². The van der Waals surface area contributed by atoms with Crippen molar-refractivity contribution in [1.29, 1.82) is 0 Å². The number of halogens is 1. The van der Waals surface area contributed by atoms with Crippen molar-refractivity contribution in [2.75, 3.05) is 18.1 Å². The lowest BCUT2D eigenvalue weighted by Crippen LogP contribution is -2.48. The van der Waals surface area contributed by atoms with Gasteiger partial charge in [-0.15, -0.1) is 24.0 Å². The number of sulfone groups is 1. The molecule has 1 saturated carbocycles. The topological polar surface area (TPSA) is 84.5 Å². The molecule has 0 amide bonds. The molecule has 0 atom stereocenters. The van der Waals surface area contributed by atoms with Gasteiger partial charge in [0.15, 0.2) is 15.8 Å². The molecular formula is C16H24IN3O2S. The maximum Gasteiger partial charge on any atom is 0.193 e. The molecule has 128 valence electrons. The molecule has 1 fully saturated rings. The van der Waals surface area contributed by atoms with Gasteiger partial charge >= 0.3 is 0 Å². The second kappa shape index (κ2) is 6.96. The summed E-state index contributed by atoms with van der Waals surface area (Å²) in [6.07, 6.45) is 7.07. The first-order chi connectivity index (χ1) is 10.4. The van der Waals surface area contributed by atoms with Gasteiger partial charge in [0.2, 0.25) is 0 Å². The van der Waals surface area contributed by atoms with Crippen LogP contribution in [-0.2, 0) is 22.7 Å². The molecule has 3 N–H and O–H groups in total. The lowest BCUT2D eigenvalue weighted by molar-refractivity contribution is 0.347. The van der Waals surface area contributed by atoms with Crippen LogP contribution in [0, 0.1) is 0 Å². The van der Waals surface area contributed by atoms with Crippen molar-refractivity contribution in [2.24, 2.45) is 10.7 Å². The number of hydrogen-bond acceptors (Lipinski definition) is 3. The van der Waals surface area contributed by atoms with Gasteiger partial charge in [0.25, 0.3) is 0 Å². The highest BCUT2D eigenvalue weighted by atomic mass is 127. The van der Waals surface area contributed by atoms with Crippen LogP contribution in [0.3, 0.4) is 0 Å². The van der Waals surface area contributed by atoms with E-state index < -0.39 is 14.6 Å². The number of nitrogens with one attached hydrogen (secondary N) is 1. The van der Waals surface area contributed by atoms with Gasteiger partial charge in [-0.05, 0) is 55.4 Å². The lowest BCUT2D eigenvalue weighted by atomic mass is 9.84. The Kier molecular flexibility index (Phi) is 5.60. The van der Waals surface area contributed by atoms with E-state index in [0.717, 1.165) is 24.9 Å². The first-order valence-corrected chi connectivity index (χ1v) is 9.67. The highest BCUT2D eigenvalue weighted by molar-refractivity contribution is 14.0. The molecule has 3 rings (SSSR count). The predicted octanol–water partition coefficient (Wildman–Crippen LogP) is 2.49. The van der Waals surface area contributed by atoms with Crippen molar-refractivity contribution in [3.63, 3.8) is 0 Å². The number of aliphatic imine (C=N–C) groups is 1. The zero-order valence-corrected chi connectivity index (χ0v) is 16.5. The molecule has 0 heterocycles. The molecule has 1 aromatic rings. The number of hydrogen-bond donors (Lipinski definition) is 2. The van der Waals surface area contributed by atoms with E-state index in [0.29, 0.717) is 12.8 Å². The van der Waals surface area contributed by atoms with Gasteiger partial charge in [-0.2, -0.15) is 0 Å². The summed E-state index contributed by atoms with van der Waals surface area (Å²) in [6.45, 7) is 0.246. The van der Waals surface area contributed by atoms with Crippen molar-refractivity contribution >= 4 is 45.5 Å². The molecule has 0 bridgehead atoms. The summed E-state index contributed by atoms with van der Waals surface area (Å²) in [5.74, 6) is 0.285. The van der Waals surface area contributed by atoms with E-state index in [2.05, 4.69) is 22.4 Å². The van der Waals surface area contributed by atoms with Crippen LogP contribution >= 0.6 is 24.0 Å². The average Bonchev–Trinajstić information content (AvgIpc) is 2.83. The quantitative estimate of drug-likeness (QED) is 0.420. The van der Waals surface area contributed by atoms with E-state index in [4.69, 9.17) is 5.73 Å². The van der Waals surface area contributed by atoms with E-state index in [1.165, 1.54) is 23.8 Å². The first-order valence-electron chi connectivity index (χ1n) is 7.78. The van der Waals surface area contributed by atoms with Gasteiger partial charge in [-0.3, -0.25) is 4.99 Å². The predicted molar refractivity (Wildman–Crippen MR) is 105 cm³/mol. The molecule has 0 unspecified atom stereocenters. The Bertz CT molecular complexity index is 712. The number of benzene rings is 1. The number of guanidine groups is 1. The third-order valence-corrected chi connectivity index (χ3v) is 7.07. The Morgan fingerprint density at radius 3 is 2.57 bits per heavy atom. The fourth-order valence-electron chi connectivity index (χ4n) is 3.28. The monoisotopic (exact) mass is 449 g/mol. The van der Waals surface area contributed by atoms with E-state index in [1.54, 1.807) is 0 Å². The Balaban J connectivity index is 0.00000192. The van der Waals surface area contributed by atoms with Crippen molar-refractivity contribution in [1.82, 2.24) is 0 Å². The molecule has 5 nitrogen and oxygen atoms in total. The highest BCUT2D eigenvalue weighted by Gasteiger charge is 2.46. The minimum Gasteiger partial charge on any atom is -0.370 e. The van der Waals surface area contributed by atoms with E-state index >= 15 is 0 Å². The van der Waals surface area contributed by atoms with Crippen molar-refractivity contribution in [3.8, 4) is 0 Å². The van der Waals surface area contributed by atoms with Crippen LogP contribution in [0.15, 0.2) is 23.2 Å². The molecule has 0 aromatic heterocycles. The SMILES string of the molecule is CS(=O)(=O)C1(CN=C(N)Nc2ccc3c(c2)CCC3)CCC1.I. The minimum absolute atomic E-state index is 0. The Morgan fingerprint density at radius 1 is 1.26 bits per heavy atom. The molecule has 0 saturated heterocycles. The van der Waals surface area contributed by atoms with Gasteiger partial charge in [-0.1, -0.05) is 12.5 Å². The molecule has 0 aliphatic heterocycles. The van der Waals surface area contributed by atoms with Crippen LogP contribution in [0.2, 0.25) is 0 Å². The van der Waals surface area contributed by atoms with Gasteiger partial charge in [-0.25, -0.2) is 8.42 Å². The Labute approximate surface area is 155 Å². The second-order valence-corrected chi connectivity index (χ2v) is 8.88. The van der Waals surface area contributed by atoms with Gasteiger partial charge < -0.3 is 11.1 Å². The summed E-state index contributed by atoms with van der Waals surface area (Å²) >= 11 is 0. The molecule has 2 aliphatic carbocycles. The first kappa shape index (κ1) is 18.5. The minimum atomic E-state index is -3.09. The van der Waals surface area contributed by atoms with Gasteiger partial charge in [0.1, 0.15) is 0 Å². The summed E-state index contributed by atoms with van der Waals surface area (Å²) in [4.78, 5) is 4.28. The fourth-order valence-corrected chi connectivity index (χ4v) is 4.61. The molecule has 0 radical (unpaired) electrons. The Morgan fingerprint density at radius 2 is 1.96 bits per heavy atom. The summed E-state index contributed by atoms with van der Waals surface area (Å²) in [7, 11) is -3.09.